The summed E-state index contributed by atoms with van der Waals surface area (Å²) in [5.41, 5.74) is 4.49. The molecular weight excluding hydrogens is 252 g/mol. The Kier molecular flexibility index (Phi) is 2.81. The van der Waals surface area contributed by atoms with E-state index in [1.54, 1.807) is 5.57 Å². The van der Waals surface area contributed by atoms with Gasteiger partial charge in [-0.3, -0.25) is 4.79 Å². The van der Waals surface area contributed by atoms with Crippen molar-refractivity contribution in [2.45, 2.75) is 58.0 Å². The largest absolute Gasteiger partial charge is 0.493 e. The smallest absolute Gasteiger partial charge is 0.137 e. The van der Waals surface area contributed by atoms with Crippen molar-refractivity contribution < 1.29 is 14.3 Å². The molecule has 1 aliphatic heterocycles. The second-order valence-electron chi connectivity index (χ2n) is 6.72. The number of rotatable bonds is 0. The van der Waals surface area contributed by atoms with Gasteiger partial charge >= 0.3 is 0 Å². The summed E-state index contributed by atoms with van der Waals surface area (Å²) in [7, 11) is 0. The number of allylic oxidation sites excluding steroid dienone is 3. The van der Waals surface area contributed by atoms with Crippen LogP contribution in [0.4, 0.5) is 0 Å². The van der Waals surface area contributed by atoms with Gasteiger partial charge < -0.3 is 9.47 Å². The van der Waals surface area contributed by atoms with E-state index in [9.17, 15) is 4.79 Å². The van der Waals surface area contributed by atoms with Crippen molar-refractivity contribution in [3.05, 3.63) is 22.5 Å². The number of hydrogen-bond donors (Lipinski definition) is 0. The average Bonchev–Trinajstić information content (AvgIpc) is 2.47. The molecule has 108 valence electrons. The van der Waals surface area contributed by atoms with Crippen LogP contribution in [0.25, 0.3) is 0 Å². The van der Waals surface area contributed by atoms with Gasteiger partial charge in [0.2, 0.25) is 0 Å². The summed E-state index contributed by atoms with van der Waals surface area (Å²) >= 11 is 0. The van der Waals surface area contributed by atoms with Crippen LogP contribution in [0.3, 0.4) is 0 Å². The van der Waals surface area contributed by atoms with E-state index in [1.165, 1.54) is 11.1 Å². The Bertz CT molecular complexity index is 528. The summed E-state index contributed by atoms with van der Waals surface area (Å²) in [6, 6.07) is 0. The van der Waals surface area contributed by atoms with Crippen LogP contribution in [0, 0.1) is 5.41 Å². The molecule has 0 N–H and O–H groups in total. The number of fused-ring (bicyclic) bond motifs is 3. The van der Waals surface area contributed by atoms with Gasteiger partial charge in [-0.1, -0.05) is 18.1 Å². The Morgan fingerprint density at radius 2 is 1.95 bits per heavy atom. The lowest BCUT2D eigenvalue weighted by atomic mass is 9.59. The van der Waals surface area contributed by atoms with Gasteiger partial charge in [-0.15, -0.1) is 0 Å². The maximum absolute atomic E-state index is 11.9. The fraction of sp³-hybridized carbons (Fsp3) is 0.706. The van der Waals surface area contributed by atoms with Gasteiger partial charge in [0.15, 0.2) is 0 Å². The summed E-state index contributed by atoms with van der Waals surface area (Å²) in [6.45, 7) is 3.72. The predicted molar refractivity (Wildman–Crippen MR) is 75.2 cm³/mol. The Hall–Kier alpha value is -1.09. The number of Topliss-reactive ketones (excluding diaryl/α,β-unsaturated/α-hetero) is 1. The molecule has 0 aromatic rings. The molecule has 4 rings (SSSR count). The van der Waals surface area contributed by atoms with Crippen LogP contribution in [0.1, 0.15) is 51.9 Å². The van der Waals surface area contributed by atoms with Gasteiger partial charge in [-0.25, -0.2) is 0 Å². The fourth-order valence-corrected chi connectivity index (χ4v) is 4.57. The molecule has 1 fully saturated rings. The SMILES string of the molecule is C[C@@]12CCC3OCCOC3=C1CCC1=C2CC(=O)CC1. The average molecular weight is 274 g/mol. The zero-order chi connectivity index (χ0) is 13.7. The van der Waals surface area contributed by atoms with E-state index in [0.29, 0.717) is 25.4 Å². The Morgan fingerprint density at radius 3 is 2.85 bits per heavy atom. The van der Waals surface area contributed by atoms with Crippen LogP contribution in [0.5, 0.6) is 0 Å². The summed E-state index contributed by atoms with van der Waals surface area (Å²) < 4.78 is 11.8. The van der Waals surface area contributed by atoms with Crippen LogP contribution < -0.4 is 0 Å². The summed E-state index contributed by atoms with van der Waals surface area (Å²) in [6.07, 6.45) is 6.94. The van der Waals surface area contributed by atoms with Crippen molar-refractivity contribution in [3.63, 3.8) is 0 Å². The molecule has 0 bridgehead atoms. The van der Waals surface area contributed by atoms with Crippen molar-refractivity contribution in [1.29, 1.82) is 0 Å². The summed E-state index contributed by atoms with van der Waals surface area (Å²) in [5.74, 6) is 1.52. The second-order valence-corrected chi connectivity index (χ2v) is 6.72. The highest BCUT2D eigenvalue weighted by molar-refractivity contribution is 5.83. The van der Waals surface area contributed by atoms with Gasteiger partial charge in [-0.05, 0) is 37.7 Å². The third-order valence-electron chi connectivity index (χ3n) is 5.67. The Labute approximate surface area is 120 Å². The van der Waals surface area contributed by atoms with E-state index in [0.717, 1.165) is 44.3 Å². The van der Waals surface area contributed by atoms with Crippen LogP contribution >= 0.6 is 0 Å². The zero-order valence-electron chi connectivity index (χ0n) is 12.2. The molecular formula is C17H22O3. The molecule has 0 saturated carbocycles. The molecule has 3 nitrogen and oxygen atoms in total. The lowest BCUT2D eigenvalue weighted by Gasteiger charge is -2.48. The van der Waals surface area contributed by atoms with Gasteiger partial charge in [0, 0.05) is 18.3 Å². The van der Waals surface area contributed by atoms with Gasteiger partial charge in [0.05, 0.1) is 6.61 Å². The Balaban J connectivity index is 1.80. The van der Waals surface area contributed by atoms with Gasteiger partial charge in [-0.2, -0.15) is 0 Å². The quantitative estimate of drug-likeness (QED) is 0.636. The van der Waals surface area contributed by atoms with Crippen LogP contribution in [-0.4, -0.2) is 25.1 Å². The normalized spacial score (nSPS) is 37.0. The van der Waals surface area contributed by atoms with Crippen molar-refractivity contribution in [1.82, 2.24) is 0 Å². The van der Waals surface area contributed by atoms with Crippen LogP contribution in [0.15, 0.2) is 22.5 Å². The molecule has 2 atom stereocenters. The lowest BCUT2D eigenvalue weighted by molar-refractivity contribution is -0.119. The topological polar surface area (TPSA) is 35.5 Å². The van der Waals surface area contributed by atoms with Gasteiger partial charge in [0.1, 0.15) is 24.3 Å². The van der Waals surface area contributed by atoms with Crippen molar-refractivity contribution in [2.24, 2.45) is 5.41 Å². The zero-order valence-corrected chi connectivity index (χ0v) is 12.2. The third-order valence-corrected chi connectivity index (χ3v) is 5.67. The highest BCUT2D eigenvalue weighted by atomic mass is 16.6. The molecule has 3 aliphatic carbocycles. The molecule has 3 heteroatoms. The maximum Gasteiger partial charge on any atom is 0.137 e. The molecule has 0 amide bonds. The lowest BCUT2D eigenvalue weighted by Crippen LogP contribution is -2.41. The summed E-state index contributed by atoms with van der Waals surface area (Å²) in [5, 5.41) is 0. The van der Waals surface area contributed by atoms with Gasteiger partial charge in [0.25, 0.3) is 0 Å². The maximum atomic E-state index is 11.9. The van der Waals surface area contributed by atoms with E-state index < -0.39 is 0 Å². The molecule has 0 radical (unpaired) electrons. The highest BCUT2D eigenvalue weighted by Gasteiger charge is 2.46. The molecule has 1 heterocycles. The van der Waals surface area contributed by atoms with E-state index >= 15 is 0 Å². The molecule has 1 saturated heterocycles. The minimum Gasteiger partial charge on any atom is -0.493 e. The first-order valence-electron chi connectivity index (χ1n) is 7.89. The number of hydrogen-bond acceptors (Lipinski definition) is 3. The first kappa shape index (κ1) is 12.6. The molecule has 0 spiro atoms. The van der Waals surface area contributed by atoms with E-state index in [2.05, 4.69) is 6.92 Å². The molecule has 0 aromatic heterocycles. The molecule has 1 unspecified atom stereocenters. The highest BCUT2D eigenvalue weighted by Crippen LogP contribution is 2.56. The molecule has 0 aromatic carbocycles. The first-order valence-corrected chi connectivity index (χ1v) is 7.89. The van der Waals surface area contributed by atoms with E-state index in [1.807, 2.05) is 0 Å². The minimum atomic E-state index is 0.0657. The second kappa shape index (κ2) is 4.45. The number of ketones is 1. The monoisotopic (exact) mass is 274 g/mol. The molecule has 20 heavy (non-hydrogen) atoms. The van der Waals surface area contributed by atoms with Crippen molar-refractivity contribution >= 4 is 5.78 Å². The Morgan fingerprint density at radius 1 is 1.10 bits per heavy atom. The minimum absolute atomic E-state index is 0.0657. The third kappa shape index (κ3) is 1.72. The standard InChI is InChI=1S/C17H22O3/c1-17-7-6-15-16(20-9-8-19-15)13(17)5-3-11-2-4-12(18)10-14(11)17/h15H,2-10H2,1H3/t15?,17-/m1/s1. The fourth-order valence-electron chi connectivity index (χ4n) is 4.57. The number of ether oxygens (including phenoxy) is 2. The van der Waals surface area contributed by atoms with Crippen molar-refractivity contribution in [3.8, 4) is 0 Å². The van der Waals surface area contributed by atoms with Crippen molar-refractivity contribution in [2.75, 3.05) is 13.2 Å². The number of carbonyl (C=O) groups excluding carboxylic acids is 1. The predicted octanol–water partition coefficient (Wildman–Crippen LogP) is 3.30. The summed E-state index contributed by atoms with van der Waals surface area (Å²) in [4.78, 5) is 11.9. The van der Waals surface area contributed by atoms with E-state index in [-0.39, 0.29) is 11.5 Å². The molecule has 4 aliphatic rings. The number of carbonyl (C=O) groups is 1. The van der Waals surface area contributed by atoms with E-state index in [4.69, 9.17) is 9.47 Å². The van der Waals surface area contributed by atoms with Crippen LogP contribution in [-0.2, 0) is 14.3 Å². The first-order chi connectivity index (χ1) is 9.68. The van der Waals surface area contributed by atoms with Crippen LogP contribution in [0.2, 0.25) is 0 Å².